The first kappa shape index (κ1) is 40.3. The number of pyridine rings is 1. The minimum Gasteiger partial charge on any atom is -0.479 e. The number of aromatic nitrogens is 1. The molecule has 16 heteroatoms. The van der Waals surface area contributed by atoms with Crippen molar-refractivity contribution in [3.63, 3.8) is 0 Å². The maximum Gasteiger partial charge on any atom is 0.411 e. The normalized spacial score (nSPS) is 13.5. The van der Waals surface area contributed by atoms with Crippen LogP contribution in [0.3, 0.4) is 0 Å². The predicted molar refractivity (Wildman–Crippen MR) is 209 cm³/mol. The first-order chi connectivity index (χ1) is 26.0. The van der Waals surface area contributed by atoms with E-state index in [0.717, 1.165) is 5.56 Å². The van der Waals surface area contributed by atoms with Gasteiger partial charge in [-0.05, 0) is 83.9 Å². The summed E-state index contributed by atoms with van der Waals surface area (Å²) >= 11 is 0. The van der Waals surface area contributed by atoms with Gasteiger partial charge >= 0.3 is 18.2 Å². The summed E-state index contributed by atoms with van der Waals surface area (Å²) in [6.45, 7) is -0.0810. The Morgan fingerprint density at radius 1 is 0.873 bits per heavy atom. The molecule has 288 valence electrons. The monoisotopic (exact) mass is 789 g/mol. The lowest BCUT2D eigenvalue weighted by Crippen LogP contribution is -2.33. The summed E-state index contributed by atoms with van der Waals surface area (Å²) in [6.07, 6.45) is 1.15. The van der Waals surface area contributed by atoms with Gasteiger partial charge in [-0.1, -0.05) is 60.7 Å². The molecule has 0 aliphatic heterocycles. The molecule has 14 nitrogen and oxygen atoms in total. The molecule has 0 spiro atoms. The fourth-order valence-electron chi connectivity index (χ4n) is 5.91. The zero-order chi connectivity index (χ0) is 38.2. The van der Waals surface area contributed by atoms with E-state index in [-0.39, 0.29) is 42.6 Å². The molecule has 1 fully saturated rings. The van der Waals surface area contributed by atoms with Crippen LogP contribution in [0.25, 0.3) is 10.8 Å². The number of carbonyl (C=O) groups excluding carboxylic acids is 2. The maximum absolute atomic E-state index is 13.0. The van der Waals surface area contributed by atoms with Crippen molar-refractivity contribution >= 4 is 62.5 Å². The van der Waals surface area contributed by atoms with Gasteiger partial charge in [0.15, 0.2) is 15.9 Å². The largest absolute Gasteiger partial charge is 0.479 e. The molecule has 1 aliphatic rings. The Kier molecular flexibility index (Phi) is 13.1. The van der Waals surface area contributed by atoms with Crippen LogP contribution in [0.15, 0.2) is 113 Å². The lowest BCUT2D eigenvalue weighted by atomic mass is 10.0. The minimum absolute atomic E-state index is 0. The smallest absolute Gasteiger partial charge is 0.411 e. The SMILES string of the molecule is CNCc1cc(NC(=O)OC[C@H](NC(=O)OCc2ccccc2)c2ccc(C(Nc3ccc4cc[nH]c(=O)c4c3)C(=O)O)cc2)ccc1S(=O)(=O)C1CC1.Cl. The molecule has 4 aromatic carbocycles. The lowest BCUT2D eigenvalue weighted by molar-refractivity contribution is -0.138. The molecule has 1 saturated carbocycles. The average molecular weight is 790 g/mol. The van der Waals surface area contributed by atoms with Crippen LogP contribution in [0, 0.1) is 0 Å². The second-order valence-electron chi connectivity index (χ2n) is 12.8. The predicted octanol–water partition coefficient (Wildman–Crippen LogP) is 6.06. The maximum atomic E-state index is 13.0. The van der Waals surface area contributed by atoms with Gasteiger partial charge in [-0.25, -0.2) is 22.8 Å². The van der Waals surface area contributed by atoms with Gasteiger partial charge in [0, 0.05) is 29.5 Å². The third-order valence-electron chi connectivity index (χ3n) is 8.84. The highest BCUT2D eigenvalue weighted by molar-refractivity contribution is 7.92. The van der Waals surface area contributed by atoms with Crippen LogP contribution in [-0.4, -0.2) is 55.6 Å². The van der Waals surface area contributed by atoms with Gasteiger partial charge in [-0.2, -0.15) is 0 Å². The van der Waals surface area contributed by atoms with E-state index in [1.807, 2.05) is 18.2 Å². The summed E-state index contributed by atoms with van der Waals surface area (Å²) in [7, 11) is -1.78. The topological polar surface area (TPSA) is 205 Å². The van der Waals surface area contributed by atoms with E-state index in [4.69, 9.17) is 9.47 Å². The molecule has 6 rings (SSSR count). The molecule has 6 N–H and O–H groups in total. The number of anilines is 2. The average Bonchev–Trinajstić information content (AvgIpc) is 4.03. The molecule has 1 heterocycles. The fraction of sp³-hybridized carbons (Fsp3) is 0.231. The summed E-state index contributed by atoms with van der Waals surface area (Å²) in [5, 5.41) is 22.1. The first-order valence-corrected chi connectivity index (χ1v) is 18.7. The van der Waals surface area contributed by atoms with Gasteiger partial charge in [0.1, 0.15) is 13.2 Å². The van der Waals surface area contributed by atoms with Gasteiger partial charge in [-0.15, -0.1) is 12.4 Å². The number of carboxylic acid groups (broad SMARTS) is 1. The number of aliphatic carboxylic acids is 1. The zero-order valence-corrected chi connectivity index (χ0v) is 31.2. The molecule has 0 radical (unpaired) electrons. The summed E-state index contributed by atoms with van der Waals surface area (Å²) in [5.74, 6) is -1.17. The lowest BCUT2D eigenvalue weighted by Gasteiger charge is -2.21. The highest BCUT2D eigenvalue weighted by Crippen LogP contribution is 2.35. The van der Waals surface area contributed by atoms with E-state index in [2.05, 4.69) is 26.3 Å². The van der Waals surface area contributed by atoms with E-state index in [9.17, 15) is 32.7 Å². The van der Waals surface area contributed by atoms with Gasteiger partial charge in [-0.3, -0.25) is 10.1 Å². The second-order valence-corrected chi connectivity index (χ2v) is 15.0. The fourth-order valence-corrected chi connectivity index (χ4v) is 7.78. The Morgan fingerprint density at radius 2 is 1.58 bits per heavy atom. The van der Waals surface area contributed by atoms with Crippen LogP contribution in [0.2, 0.25) is 0 Å². The molecule has 2 atom stereocenters. The molecule has 1 unspecified atom stereocenters. The Labute approximate surface area is 323 Å². The quantitative estimate of drug-likeness (QED) is 0.0719. The Morgan fingerprint density at radius 3 is 2.27 bits per heavy atom. The van der Waals surface area contributed by atoms with Crippen LogP contribution < -0.4 is 26.8 Å². The molecule has 55 heavy (non-hydrogen) atoms. The van der Waals surface area contributed by atoms with Crippen molar-refractivity contribution in [1.29, 1.82) is 0 Å². The number of carbonyl (C=O) groups is 3. The zero-order valence-electron chi connectivity index (χ0n) is 29.6. The number of rotatable bonds is 15. The molecule has 1 aromatic heterocycles. The summed E-state index contributed by atoms with van der Waals surface area (Å²) < 4.78 is 36.8. The molecule has 5 aromatic rings. The second kappa shape index (κ2) is 18.0. The number of nitrogens with one attached hydrogen (secondary N) is 5. The van der Waals surface area contributed by atoms with Crippen LogP contribution >= 0.6 is 12.4 Å². The van der Waals surface area contributed by atoms with Gasteiger partial charge in [0.05, 0.1) is 16.2 Å². The Bertz CT molecular complexity index is 2320. The van der Waals surface area contributed by atoms with Crippen molar-refractivity contribution in [1.82, 2.24) is 15.6 Å². The standard InChI is InChI=1S/C39H39N5O9S.ClH/c1-40-21-28-19-29(13-16-34(28)54(50,51)31-14-15-31)43-38(48)53-23-33(44-39(49)52-22-24-5-3-2-4-6-24)26-7-9-27(10-8-26)35(37(46)47)42-30-12-11-25-17-18-41-36(45)32(25)20-30;/h2-13,16-20,31,33,35,40,42H,14-15,21-23H2,1H3,(H,41,45)(H,43,48)(H,44,49)(H,46,47);1H/t33-,35?;/m0./s1. The minimum atomic E-state index is -3.47. The van der Waals surface area contributed by atoms with Crippen molar-refractivity contribution in [2.45, 2.75) is 48.2 Å². The number of halogens is 1. The molecule has 2 amide bonds. The van der Waals surface area contributed by atoms with E-state index in [1.54, 1.807) is 73.8 Å². The van der Waals surface area contributed by atoms with Crippen LogP contribution in [-0.2, 0) is 37.3 Å². The summed E-state index contributed by atoms with van der Waals surface area (Å²) in [4.78, 5) is 53.4. The number of amides is 2. The van der Waals surface area contributed by atoms with Crippen molar-refractivity contribution in [2.24, 2.45) is 0 Å². The van der Waals surface area contributed by atoms with Gasteiger partial charge in [0.2, 0.25) is 0 Å². The van der Waals surface area contributed by atoms with Crippen LogP contribution in [0.5, 0.6) is 0 Å². The number of fused-ring (bicyclic) bond motifs is 1. The summed E-state index contributed by atoms with van der Waals surface area (Å²) in [5.41, 5.74) is 2.57. The first-order valence-electron chi connectivity index (χ1n) is 17.1. The highest BCUT2D eigenvalue weighted by Gasteiger charge is 2.38. The number of hydrogen-bond donors (Lipinski definition) is 6. The highest BCUT2D eigenvalue weighted by atomic mass is 35.5. The third kappa shape index (κ3) is 10.2. The van der Waals surface area contributed by atoms with E-state index in [0.29, 0.717) is 51.7 Å². The van der Waals surface area contributed by atoms with Crippen molar-refractivity contribution in [3.05, 3.63) is 136 Å². The van der Waals surface area contributed by atoms with Gasteiger partial charge in [0.25, 0.3) is 5.56 Å². The molecule has 1 aliphatic carbocycles. The van der Waals surface area contributed by atoms with Crippen molar-refractivity contribution in [2.75, 3.05) is 24.3 Å². The number of carboxylic acids is 1. The van der Waals surface area contributed by atoms with Crippen molar-refractivity contribution < 1.29 is 37.4 Å². The third-order valence-corrected chi connectivity index (χ3v) is 11.2. The molecule has 0 saturated heterocycles. The number of hydrogen-bond acceptors (Lipinski definition) is 10. The number of alkyl carbamates (subject to hydrolysis) is 1. The molecule has 0 bridgehead atoms. The van der Waals surface area contributed by atoms with E-state index >= 15 is 0 Å². The van der Waals surface area contributed by atoms with E-state index in [1.165, 1.54) is 18.3 Å². The molecular weight excluding hydrogens is 750 g/mol. The number of aromatic amines is 1. The Hall–Kier alpha value is -5.90. The van der Waals surface area contributed by atoms with Gasteiger partial charge < -0.3 is 35.5 Å². The van der Waals surface area contributed by atoms with Crippen LogP contribution in [0.1, 0.15) is 47.2 Å². The summed E-state index contributed by atoms with van der Waals surface area (Å²) in [6, 6.07) is 24.6. The number of H-pyrrole nitrogens is 1. The number of sulfone groups is 1. The molecular formula is C39H40ClN5O9S. The Balaban J connectivity index is 0.00000580. The number of benzene rings is 4. The van der Waals surface area contributed by atoms with E-state index < -0.39 is 45.3 Å². The van der Waals surface area contributed by atoms with Crippen molar-refractivity contribution in [3.8, 4) is 0 Å². The van der Waals surface area contributed by atoms with Crippen LogP contribution in [0.4, 0.5) is 21.0 Å². The number of ether oxygens (including phenoxy) is 2.